The summed E-state index contributed by atoms with van der Waals surface area (Å²) in [5, 5.41) is 0. The molecule has 3 heteroatoms. The summed E-state index contributed by atoms with van der Waals surface area (Å²) in [5.41, 5.74) is 1.32. The van der Waals surface area contributed by atoms with Gasteiger partial charge in [-0.1, -0.05) is 13.3 Å². The highest BCUT2D eigenvalue weighted by molar-refractivity contribution is 5.00. The van der Waals surface area contributed by atoms with Gasteiger partial charge in [0, 0.05) is 25.5 Å². The number of nitrogens with zero attached hydrogens (tertiary/aromatic N) is 2. The van der Waals surface area contributed by atoms with Crippen LogP contribution >= 0.6 is 0 Å². The molecule has 0 saturated carbocycles. The molecular weight excluding hydrogens is 176 g/mol. The summed E-state index contributed by atoms with van der Waals surface area (Å²) in [5.74, 6) is 1.43. The third-order valence-corrected chi connectivity index (χ3v) is 3.24. The second-order valence-corrected chi connectivity index (χ2v) is 4.17. The van der Waals surface area contributed by atoms with Crippen molar-refractivity contribution in [3.05, 3.63) is 18.2 Å². The van der Waals surface area contributed by atoms with Gasteiger partial charge in [-0.15, -0.1) is 0 Å². The van der Waals surface area contributed by atoms with E-state index in [0.717, 1.165) is 25.6 Å². The van der Waals surface area contributed by atoms with Crippen molar-refractivity contribution < 1.29 is 4.74 Å². The molecule has 0 aliphatic carbocycles. The molecule has 0 N–H and O–H groups in total. The van der Waals surface area contributed by atoms with Gasteiger partial charge < -0.3 is 9.30 Å². The number of hydrogen-bond donors (Lipinski definition) is 0. The molecule has 2 rings (SSSR count). The smallest absolute Gasteiger partial charge is 0.0945 e. The van der Waals surface area contributed by atoms with Gasteiger partial charge in [0.2, 0.25) is 0 Å². The Morgan fingerprint density at radius 2 is 2.29 bits per heavy atom. The molecule has 2 atom stereocenters. The summed E-state index contributed by atoms with van der Waals surface area (Å²) < 4.78 is 7.62. The van der Waals surface area contributed by atoms with Crippen molar-refractivity contribution in [2.45, 2.75) is 19.8 Å². The van der Waals surface area contributed by atoms with Gasteiger partial charge in [0.05, 0.1) is 12.9 Å². The van der Waals surface area contributed by atoms with Gasteiger partial charge in [-0.3, -0.25) is 0 Å². The third-order valence-electron chi connectivity index (χ3n) is 3.24. The summed E-state index contributed by atoms with van der Waals surface area (Å²) in [7, 11) is 2.05. The Kier molecular flexibility index (Phi) is 2.87. The van der Waals surface area contributed by atoms with Crippen LogP contribution in [0.4, 0.5) is 0 Å². The van der Waals surface area contributed by atoms with Crippen LogP contribution in [0.3, 0.4) is 0 Å². The minimum Gasteiger partial charge on any atom is -0.381 e. The van der Waals surface area contributed by atoms with Crippen LogP contribution in [0.25, 0.3) is 0 Å². The zero-order chi connectivity index (χ0) is 9.97. The SMILES string of the molecule is CC[C@H]1COC[C@@H]1Cc1cncn1C. The van der Waals surface area contributed by atoms with E-state index in [1.54, 1.807) is 0 Å². The number of ether oxygens (including phenoxy) is 1. The third kappa shape index (κ3) is 1.82. The van der Waals surface area contributed by atoms with Crippen LogP contribution in [0.5, 0.6) is 0 Å². The Hall–Kier alpha value is -0.830. The van der Waals surface area contributed by atoms with Gasteiger partial charge in [0.15, 0.2) is 0 Å². The summed E-state index contributed by atoms with van der Waals surface area (Å²) in [6, 6.07) is 0. The Morgan fingerprint density at radius 1 is 1.50 bits per heavy atom. The summed E-state index contributed by atoms with van der Waals surface area (Å²) in [4.78, 5) is 4.14. The van der Waals surface area contributed by atoms with E-state index in [9.17, 15) is 0 Å². The molecule has 0 aromatic carbocycles. The summed E-state index contributed by atoms with van der Waals surface area (Å²) >= 11 is 0. The van der Waals surface area contributed by atoms with Gasteiger partial charge in [-0.2, -0.15) is 0 Å². The molecule has 0 bridgehead atoms. The van der Waals surface area contributed by atoms with Crippen LogP contribution in [0.1, 0.15) is 19.0 Å². The highest BCUT2D eigenvalue weighted by Crippen LogP contribution is 2.26. The fraction of sp³-hybridized carbons (Fsp3) is 0.727. The standard InChI is InChI=1S/C11H18N2O/c1-3-9-6-14-7-10(9)4-11-5-12-8-13(11)2/h5,8-10H,3-4,6-7H2,1-2H3/t9-,10-/m0/s1. The second kappa shape index (κ2) is 4.13. The monoisotopic (exact) mass is 194 g/mol. The molecule has 0 unspecified atom stereocenters. The lowest BCUT2D eigenvalue weighted by Gasteiger charge is -2.15. The van der Waals surface area contributed by atoms with Gasteiger partial charge in [0.25, 0.3) is 0 Å². The van der Waals surface area contributed by atoms with Crippen molar-refractivity contribution in [1.29, 1.82) is 0 Å². The van der Waals surface area contributed by atoms with E-state index in [-0.39, 0.29) is 0 Å². The Bertz CT molecular complexity index is 295. The van der Waals surface area contributed by atoms with Crippen LogP contribution in [0.2, 0.25) is 0 Å². The van der Waals surface area contributed by atoms with Crippen LogP contribution in [0, 0.1) is 11.8 Å². The van der Waals surface area contributed by atoms with E-state index in [4.69, 9.17) is 4.74 Å². The van der Waals surface area contributed by atoms with E-state index in [1.165, 1.54) is 12.1 Å². The average Bonchev–Trinajstić information content (AvgIpc) is 2.77. The normalized spacial score (nSPS) is 27.0. The van der Waals surface area contributed by atoms with Crippen LogP contribution in [-0.4, -0.2) is 22.8 Å². The topological polar surface area (TPSA) is 27.1 Å². The molecule has 1 aliphatic rings. The lowest BCUT2D eigenvalue weighted by atomic mass is 9.90. The predicted octanol–water partition coefficient (Wildman–Crippen LogP) is 1.64. The van der Waals surface area contributed by atoms with Crippen molar-refractivity contribution >= 4 is 0 Å². The Labute approximate surface area is 85.1 Å². The molecule has 3 nitrogen and oxygen atoms in total. The molecular formula is C11H18N2O. The zero-order valence-corrected chi connectivity index (χ0v) is 8.94. The number of imidazole rings is 1. The van der Waals surface area contributed by atoms with Crippen molar-refractivity contribution in [2.75, 3.05) is 13.2 Å². The van der Waals surface area contributed by atoms with Gasteiger partial charge >= 0.3 is 0 Å². The molecule has 1 saturated heterocycles. The lowest BCUT2D eigenvalue weighted by Crippen LogP contribution is -2.15. The van der Waals surface area contributed by atoms with Crippen molar-refractivity contribution in [1.82, 2.24) is 9.55 Å². The first-order chi connectivity index (χ1) is 6.81. The van der Waals surface area contributed by atoms with Gasteiger partial charge in [-0.25, -0.2) is 4.98 Å². The van der Waals surface area contributed by atoms with Crippen molar-refractivity contribution in [3.8, 4) is 0 Å². The molecule has 0 spiro atoms. The Balaban J connectivity index is 2.00. The minimum absolute atomic E-state index is 0.690. The molecule has 1 aromatic rings. The van der Waals surface area contributed by atoms with E-state index >= 15 is 0 Å². The fourth-order valence-electron chi connectivity index (χ4n) is 2.17. The highest BCUT2D eigenvalue weighted by Gasteiger charge is 2.27. The van der Waals surface area contributed by atoms with E-state index in [2.05, 4.69) is 23.5 Å². The second-order valence-electron chi connectivity index (χ2n) is 4.17. The molecule has 2 heterocycles. The van der Waals surface area contributed by atoms with Crippen LogP contribution in [0.15, 0.2) is 12.5 Å². The van der Waals surface area contributed by atoms with Crippen LogP contribution < -0.4 is 0 Å². The maximum Gasteiger partial charge on any atom is 0.0945 e. The van der Waals surface area contributed by atoms with E-state index in [0.29, 0.717) is 5.92 Å². The van der Waals surface area contributed by atoms with Gasteiger partial charge in [-0.05, 0) is 18.3 Å². The lowest BCUT2D eigenvalue weighted by molar-refractivity contribution is 0.180. The first-order valence-corrected chi connectivity index (χ1v) is 5.34. The number of aryl methyl sites for hydroxylation is 1. The minimum atomic E-state index is 0.690. The summed E-state index contributed by atoms with van der Waals surface area (Å²) in [6.07, 6.45) is 6.16. The number of hydrogen-bond acceptors (Lipinski definition) is 2. The molecule has 1 aliphatic heterocycles. The number of aromatic nitrogens is 2. The quantitative estimate of drug-likeness (QED) is 0.731. The maximum atomic E-state index is 5.52. The zero-order valence-electron chi connectivity index (χ0n) is 8.94. The molecule has 0 radical (unpaired) electrons. The molecule has 0 amide bonds. The first-order valence-electron chi connectivity index (χ1n) is 5.34. The van der Waals surface area contributed by atoms with Crippen molar-refractivity contribution in [2.24, 2.45) is 18.9 Å². The van der Waals surface area contributed by atoms with E-state index < -0.39 is 0 Å². The Morgan fingerprint density at radius 3 is 2.93 bits per heavy atom. The first kappa shape index (κ1) is 9.71. The molecule has 1 fully saturated rings. The number of rotatable bonds is 3. The average molecular weight is 194 g/mol. The van der Waals surface area contributed by atoms with Crippen LogP contribution in [-0.2, 0) is 18.2 Å². The predicted molar refractivity (Wildman–Crippen MR) is 55.0 cm³/mol. The van der Waals surface area contributed by atoms with Gasteiger partial charge in [0.1, 0.15) is 0 Å². The maximum absolute atomic E-state index is 5.52. The summed E-state index contributed by atoms with van der Waals surface area (Å²) in [6.45, 7) is 4.11. The largest absolute Gasteiger partial charge is 0.381 e. The molecule has 14 heavy (non-hydrogen) atoms. The molecule has 1 aromatic heterocycles. The van der Waals surface area contributed by atoms with Crippen molar-refractivity contribution in [3.63, 3.8) is 0 Å². The fourth-order valence-corrected chi connectivity index (χ4v) is 2.17. The molecule has 78 valence electrons. The van der Waals surface area contributed by atoms with E-state index in [1.807, 2.05) is 12.5 Å². The highest BCUT2D eigenvalue weighted by atomic mass is 16.5.